The number of benzene rings is 1. The zero-order valence-electron chi connectivity index (χ0n) is 15.8. The van der Waals surface area contributed by atoms with Gasteiger partial charge in [-0.2, -0.15) is 5.26 Å². The lowest BCUT2D eigenvalue weighted by molar-refractivity contribution is -0.0311. The van der Waals surface area contributed by atoms with Crippen molar-refractivity contribution in [1.29, 1.82) is 5.26 Å². The van der Waals surface area contributed by atoms with Crippen LogP contribution in [0.5, 0.6) is 0 Å². The first kappa shape index (κ1) is 19.4. The maximum absolute atomic E-state index is 13.1. The highest BCUT2D eigenvalue weighted by Crippen LogP contribution is 2.31. The van der Waals surface area contributed by atoms with Crippen molar-refractivity contribution in [3.63, 3.8) is 0 Å². The lowest BCUT2D eigenvalue weighted by Gasteiger charge is -2.44. The van der Waals surface area contributed by atoms with Gasteiger partial charge >= 0.3 is 12.1 Å². The Kier molecular flexibility index (Phi) is 5.51. The van der Waals surface area contributed by atoms with Crippen molar-refractivity contribution in [2.45, 2.75) is 25.5 Å². The summed E-state index contributed by atoms with van der Waals surface area (Å²) in [4.78, 5) is 29.1. The number of piperidine rings is 3. The number of nitrogens with zero attached hydrogens (tertiary/aromatic N) is 3. The third-order valence-electron chi connectivity index (χ3n) is 5.54. The van der Waals surface area contributed by atoms with Gasteiger partial charge in [0.2, 0.25) is 0 Å². The Morgan fingerprint density at radius 1 is 1.28 bits per heavy atom. The standard InChI is InChI=1S/C21H21N3O4S/c22-11-14-2-1-3-16(10-14)24(12-17-4-5-19(29-17)20(25)26)21(27)28-18-13-23-8-6-15(18)7-9-23/h1-5,10,15,18H,6-9,12-13H2,(H,25,26)/t18-/m0/s1. The summed E-state index contributed by atoms with van der Waals surface area (Å²) in [5.41, 5.74) is 1.00. The zero-order chi connectivity index (χ0) is 20.4. The lowest BCUT2D eigenvalue weighted by Crippen LogP contribution is -2.53. The van der Waals surface area contributed by atoms with Crippen LogP contribution in [0.4, 0.5) is 10.5 Å². The monoisotopic (exact) mass is 411 g/mol. The third kappa shape index (κ3) is 4.26. The quantitative estimate of drug-likeness (QED) is 0.809. The van der Waals surface area contributed by atoms with Crippen LogP contribution in [-0.4, -0.2) is 47.8 Å². The predicted octanol–water partition coefficient (Wildman–Crippen LogP) is 3.56. The Hall–Kier alpha value is -2.89. The van der Waals surface area contributed by atoms with E-state index in [1.807, 2.05) is 0 Å². The number of rotatable bonds is 5. The maximum atomic E-state index is 13.1. The second kappa shape index (κ2) is 8.23. The number of thiophene rings is 1. The van der Waals surface area contributed by atoms with Gasteiger partial charge in [0.05, 0.1) is 18.2 Å². The average molecular weight is 411 g/mol. The van der Waals surface area contributed by atoms with E-state index in [1.54, 1.807) is 30.3 Å². The number of fused-ring (bicyclic) bond motifs is 3. The summed E-state index contributed by atoms with van der Waals surface area (Å²) in [6, 6.07) is 12.1. The largest absolute Gasteiger partial charge is 0.477 e. The van der Waals surface area contributed by atoms with Gasteiger partial charge in [0.25, 0.3) is 0 Å². The van der Waals surface area contributed by atoms with E-state index in [0.29, 0.717) is 17.2 Å². The summed E-state index contributed by atoms with van der Waals surface area (Å²) in [6.45, 7) is 3.05. The molecule has 1 atom stereocenters. The molecule has 5 rings (SSSR count). The van der Waals surface area contributed by atoms with Crippen LogP contribution in [-0.2, 0) is 11.3 Å². The first-order valence-electron chi connectivity index (χ1n) is 9.56. The van der Waals surface area contributed by atoms with Crippen LogP contribution < -0.4 is 4.90 Å². The molecule has 4 heterocycles. The number of hydrogen-bond donors (Lipinski definition) is 1. The number of ether oxygens (including phenoxy) is 1. The van der Waals surface area contributed by atoms with Crippen LogP contribution in [0.25, 0.3) is 0 Å². The van der Waals surface area contributed by atoms with E-state index in [2.05, 4.69) is 11.0 Å². The van der Waals surface area contributed by atoms with E-state index >= 15 is 0 Å². The van der Waals surface area contributed by atoms with Crippen molar-refractivity contribution in [3.05, 3.63) is 51.7 Å². The summed E-state index contributed by atoms with van der Waals surface area (Å²) in [6.07, 6.45) is 1.47. The molecule has 0 aliphatic carbocycles. The Labute approximate surface area is 172 Å². The molecule has 0 radical (unpaired) electrons. The fourth-order valence-electron chi connectivity index (χ4n) is 3.98. The Bertz CT molecular complexity index is 959. The molecular weight excluding hydrogens is 390 g/mol. The number of nitriles is 1. The minimum atomic E-state index is -0.992. The SMILES string of the molecule is N#Cc1cccc(N(Cc2ccc(C(=O)O)s2)C(=O)O[C@H]2CN3CCC2CC3)c1. The van der Waals surface area contributed by atoms with Crippen LogP contribution in [0.2, 0.25) is 0 Å². The van der Waals surface area contributed by atoms with Crippen molar-refractivity contribution in [3.8, 4) is 6.07 Å². The van der Waals surface area contributed by atoms with Gasteiger partial charge in [-0.05, 0) is 62.2 Å². The molecule has 2 bridgehead atoms. The number of carbonyl (C=O) groups is 2. The first-order valence-corrected chi connectivity index (χ1v) is 10.4. The average Bonchev–Trinajstić information content (AvgIpc) is 3.22. The topological polar surface area (TPSA) is 93.9 Å². The molecule has 3 saturated heterocycles. The number of amides is 1. The first-order chi connectivity index (χ1) is 14.0. The maximum Gasteiger partial charge on any atom is 0.414 e. The van der Waals surface area contributed by atoms with Crippen molar-refractivity contribution >= 4 is 29.1 Å². The van der Waals surface area contributed by atoms with Crippen molar-refractivity contribution in [2.75, 3.05) is 24.5 Å². The predicted molar refractivity (Wildman–Crippen MR) is 108 cm³/mol. The molecule has 8 heteroatoms. The van der Waals surface area contributed by atoms with Gasteiger partial charge in [-0.1, -0.05) is 6.07 Å². The second-order valence-corrected chi connectivity index (χ2v) is 8.55. The van der Waals surface area contributed by atoms with E-state index < -0.39 is 12.1 Å². The summed E-state index contributed by atoms with van der Waals surface area (Å²) < 4.78 is 5.89. The Morgan fingerprint density at radius 3 is 2.69 bits per heavy atom. The number of carboxylic acid groups (broad SMARTS) is 1. The van der Waals surface area contributed by atoms with Gasteiger partial charge in [0.15, 0.2) is 0 Å². The smallest absolute Gasteiger partial charge is 0.414 e. The molecule has 3 aliphatic heterocycles. The summed E-state index contributed by atoms with van der Waals surface area (Å²) in [7, 11) is 0. The summed E-state index contributed by atoms with van der Waals surface area (Å²) >= 11 is 1.13. The highest BCUT2D eigenvalue weighted by atomic mass is 32.1. The molecule has 2 aromatic rings. The summed E-state index contributed by atoms with van der Waals surface area (Å²) in [5.74, 6) is -0.606. The molecule has 1 N–H and O–H groups in total. The second-order valence-electron chi connectivity index (χ2n) is 7.38. The third-order valence-corrected chi connectivity index (χ3v) is 6.60. The molecule has 29 heavy (non-hydrogen) atoms. The van der Waals surface area contributed by atoms with Crippen LogP contribution in [0.15, 0.2) is 36.4 Å². The van der Waals surface area contributed by atoms with Crippen LogP contribution in [0.3, 0.4) is 0 Å². The normalized spacial score (nSPS) is 22.7. The van der Waals surface area contributed by atoms with E-state index in [0.717, 1.165) is 48.7 Å². The molecule has 3 aliphatic rings. The van der Waals surface area contributed by atoms with Crippen LogP contribution in [0, 0.1) is 17.2 Å². The highest BCUT2D eigenvalue weighted by Gasteiger charge is 2.37. The van der Waals surface area contributed by atoms with Gasteiger partial charge in [0, 0.05) is 17.1 Å². The van der Waals surface area contributed by atoms with Gasteiger partial charge < -0.3 is 9.84 Å². The molecule has 1 aromatic heterocycles. The molecule has 3 fully saturated rings. The van der Waals surface area contributed by atoms with Gasteiger partial charge in [0.1, 0.15) is 11.0 Å². The van der Waals surface area contributed by atoms with Crippen molar-refractivity contribution in [2.24, 2.45) is 5.92 Å². The van der Waals surface area contributed by atoms with E-state index in [-0.39, 0.29) is 17.5 Å². The van der Waals surface area contributed by atoms with Crippen LogP contribution >= 0.6 is 11.3 Å². The summed E-state index contributed by atoms with van der Waals surface area (Å²) in [5, 5.41) is 18.4. The minimum absolute atomic E-state index is 0.135. The molecular formula is C21H21N3O4S. The van der Waals surface area contributed by atoms with Crippen molar-refractivity contribution in [1.82, 2.24) is 4.90 Å². The molecule has 1 aromatic carbocycles. The molecule has 150 valence electrons. The Morgan fingerprint density at radius 2 is 2.07 bits per heavy atom. The highest BCUT2D eigenvalue weighted by molar-refractivity contribution is 7.13. The lowest BCUT2D eigenvalue weighted by atomic mass is 9.86. The molecule has 7 nitrogen and oxygen atoms in total. The molecule has 0 saturated carbocycles. The van der Waals surface area contributed by atoms with E-state index in [9.17, 15) is 14.9 Å². The number of aromatic carboxylic acids is 1. The van der Waals surface area contributed by atoms with Gasteiger partial charge in [-0.25, -0.2) is 9.59 Å². The Balaban J connectivity index is 1.57. The number of hydrogen-bond acceptors (Lipinski definition) is 6. The van der Waals surface area contributed by atoms with E-state index in [1.165, 1.54) is 11.0 Å². The number of carbonyl (C=O) groups excluding carboxylic acids is 1. The van der Waals surface area contributed by atoms with Gasteiger partial charge in [-0.15, -0.1) is 11.3 Å². The minimum Gasteiger partial charge on any atom is -0.477 e. The number of carboxylic acids is 1. The fraction of sp³-hybridized carbons (Fsp3) is 0.381. The van der Waals surface area contributed by atoms with Crippen molar-refractivity contribution < 1.29 is 19.4 Å². The molecule has 1 amide bonds. The van der Waals surface area contributed by atoms with E-state index in [4.69, 9.17) is 9.84 Å². The fourth-order valence-corrected chi connectivity index (χ4v) is 4.81. The zero-order valence-corrected chi connectivity index (χ0v) is 16.6. The number of anilines is 1. The van der Waals surface area contributed by atoms with Crippen LogP contribution in [0.1, 0.15) is 33.0 Å². The molecule has 0 spiro atoms. The molecule has 0 unspecified atom stereocenters. The van der Waals surface area contributed by atoms with Gasteiger partial charge in [-0.3, -0.25) is 9.80 Å².